The molecule has 6 heteroatoms. The van der Waals surface area contributed by atoms with Crippen LogP contribution in [0.4, 0.5) is 15.8 Å². The lowest BCUT2D eigenvalue weighted by Crippen LogP contribution is -2.32. The first-order chi connectivity index (χ1) is 11.4. The molecular formula is C18H20FN3O2. The van der Waals surface area contributed by atoms with Crippen LogP contribution in [0.25, 0.3) is 0 Å². The minimum Gasteiger partial charge on any atom is -0.374 e. The van der Waals surface area contributed by atoms with Crippen molar-refractivity contribution >= 4 is 23.2 Å². The number of rotatable bonds is 5. The van der Waals surface area contributed by atoms with Crippen LogP contribution in [0.5, 0.6) is 0 Å². The maximum atomic E-state index is 13.5. The number of benzene rings is 2. The molecule has 2 aromatic rings. The Balaban J connectivity index is 2.03. The van der Waals surface area contributed by atoms with Crippen LogP contribution in [0.2, 0.25) is 0 Å². The third kappa shape index (κ3) is 4.32. The quantitative estimate of drug-likeness (QED) is 0.790. The molecular weight excluding hydrogens is 309 g/mol. The van der Waals surface area contributed by atoms with Gasteiger partial charge < -0.3 is 16.0 Å². The highest BCUT2D eigenvalue weighted by molar-refractivity contribution is 5.97. The highest BCUT2D eigenvalue weighted by Gasteiger charge is 2.14. The molecule has 0 aliphatic heterocycles. The molecule has 2 rings (SSSR count). The molecule has 0 fully saturated rings. The van der Waals surface area contributed by atoms with Crippen LogP contribution in [0.1, 0.15) is 22.8 Å². The first-order valence-corrected chi connectivity index (χ1v) is 7.56. The normalized spacial score (nSPS) is 11.5. The largest absolute Gasteiger partial charge is 0.374 e. The Labute approximate surface area is 140 Å². The van der Waals surface area contributed by atoms with Crippen molar-refractivity contribution in [2.45, 2.75) is 19.9 Å². The number of hydrogen-bond donors (Lipinski definition) is 3. The zero-order valence-corrected chi connectivity index (χ0v) is 13.8. The van der Waals surface area contributed by atoms with Crippen LogP contribution < -0.4 is 16.0 Å². The van der Waals surface area contributed by atoms with Crippen LogP contribution in [-0.2, 0) is 4.79 Å². The van der Waals surface area contributed by atoms with Gasteiger partial charge in [0, 0.05) is 24.0 Å². The first kappa shape index (κ1) is 17.5. The van der Waals surface area contributed by atoms with E-state index < -0.39 is 6.04 Å². The molecule has 0 radical (unpaired) electrons. The van der Waals surface area contributed by atoms with Gasteiger partial charge in [-0.2, -0.15) is 0 Å². The Bertz CT molecular complexity index is 762. The summed E-state index contributed by atoms with van der Waals surface area (Å²) in [6, 6.07) is 10.8. The molecule has 0 aromatic heterocycles. The number of carbonyl (C=O) groups is 2. The third-order valence-electron chi connectivity index (χ3n) is 3.57. The fourth-order valence-corrected chi connectivity index (χ4v) is 2.13. The maximum absolute atomic E-state index is 13.5. The van der Waals surface area contributed by atoms with Gasteiger partial charge in [0.05, 0.1) is 0 Å². The van der Waals surface area contributed by atoms with Crippen molar-refractivity contribution < 1.29 is 14.0 Å². The molecule has 0 saturated carbocycles. The van der Waals surface area contributed by atoms with E-state index in [1.807, 2.05) is 0 Å². The lowest BCUT2D eigenvalue weighted by atomic mass is 10.1. The van der Waals surface area contributed by atoms with E-state index in [-0.39, 0.29) is 17.6 Å². The topological polar surface area (TPSA) is 70.2 Å². The Hall–Kier alpha value is -2.89. The average Bonchev–Trinajstić information content (AvgIpc) is 2.57. The summed E-state index contributed by atoms with van der Waals surface area (Å²) in [4.78, 5) is 23.8. The molecule has 0 heterocycles. The van der Waals surface area contributed by atoms with E-state index in [9.17, 15) is 14.0 Å². The zero-order chi connectivity index (χ0) is 17.7. The Kier molecular flexibility index (Phi) is 5.52. The molecule has 3 N–H and O–H groups in total. The lowest BCUT2D eigenvalue weighted by molar-refractivity contribution is -0.116. The molecule has 0 aliphatic rings. The Morgan fingerprint density at radius 1 is 1.08 bits per heavy atom. The number of carbonyl (C=O) groups excluding carboxylic acids is 2. The summed E-state index contributed by atoms with van der Waals surface area (Å²) in [7, 11) is 1.55. The van der Waals surface area contributed by atoms with Crippen molar-refractivity contribution in [1.82, 2.24) is 5.32 Å². The van der Waals surface area contributed by atoms with Crippen molar-refractivity contribution in [1.29, 1.82) is 0 Å². The van der Waals surface area contributed by atoms with E-state index in [0.29, 0.717) is 22.5 Å². The summed E-state index contributed by atoms with van der Waals surface area (Å²) >= 11 is 0. The smallest absolute Gasteiger partial charge is 0.251 e. The average molecular weight is 329 g/mol. The highest BCUT2D eigenvalue weighted by Crippen LogP contribution is 2.15. The number of nitrogens with one attached hydrogen (secondary N) is 3. The van der Waals surface area contributed by atoms with Gasteiger partial charge in [0.25, 0.3) is 5.91 Å². The van der Waals surface area contributed by atoms with Crippen LogP contribution in [0, 0.1) is 12.7 Å². The molecule has 2 aromatic carbocycles. The lowest BCUT2D eigenvalue weighted by Gasteiger charge is -2.16. The minimum atomic E-state index is -0.561. The summed E-state index contributed by atoms with van der Waals surface area (Å²) < 4.78 is 13.5. The summed E-state index contributed by atoms with van der Waals surface area (Å²) in [5, 5.41) is 8.22. The second-order valence-electron chi connectivity index (χ2n) is 5.48. The Morgan fingerprint density at radius 3 is 2.50 bits per heavy atom. The van der Waals surface area contributed by atoms with Crippen molar-refractivity contribution in [3.05, 3.63) is 59.4 Å². The van der Waals surface area contributed by atoms with Gasteiger partial charge in [0.2, 0.25) is 5.91 Å². The van der Waals surface area contributed by atoms with Gasteiger partial charge in [0.15, 0.2) is 0 Å². The molecule has 1 unspecified atom stereocenters. The molecule has 0 saturated heterocycles. The van der Waals surface area contributed by atoms with E-state index in [1.165, 1.54) is 6.07 Å². The van der Waals surface area contributed by atoms with Crippen molar-refractivity contribution in [3.63, 3.8) is 0 Å². The maximum Gasteiger partial charge on any atom is 0.251 e. The third-order valence-corrected chi connectivity index (χ3v) is 3.57. The van der Waals surface area contributed by atoms with Crippen LogP contribution in [0.3, 0.4) is 0 Å². The monoisotopic (exact) mass is 329 g/mol. The van der Waals surface area contributed by atoms with Crippen LogP contribution in [-0.4, -0.2) is 24.9 Å². The second kappa shape index (κ2) is 7.59. The van der Waals surface area contributed by atoms with Crippen molar-refractivity contribution in [2.24, 2.45) is 0 Å². The van der Waals surface area contributed by atoms with Gasteiger partial charge in [0.1, 0.15) is 11.9 Å². The molecule has 0 aliphatic carbocycles. The first-order valence-electron chi connectivity index (χ1n) is 7.56. The fraction of sp³-hybridized carbons (Fsp3) is 0.222. The van der Waals surface area contributed by atoms with E-state index in [4.69, 9.17) is 0 Å². The van der Waals surface area contributed by atoms with E-state index in [2.05, 4.69) is 16.0 Å². The van der Waals surface area contributed by atoms with Gasteiger partial charge in [-0.1, -0.05) is 12.1 Å². The molecule has 0 spiro atoms. The van der Waals surface area contributed by atoms with Crippen LogP contribution >= 0.6 is 0 Å². The predicted octanol–water partition coefficient (Wildman–Crippen LogP) is 2.93. The second-order valence-corrected chi connectivity index (χ2v) is 5.48. The molecule has 5 nitrogen and oxygen atoms in total. The molecule has 2 amide bonds. The number of amides is 2. The Morgan fingerprint density at radius 2 is 1.83 bits per heavy atom. The fourth-order valence-electron chi connectivity index (χ4n) is 2.13. The van der Waals surface area contributed by atoms with Gasteiger partial charge >= 0.3 is 0 Å². The van der Waals surface area contributed by atoms with Crippen molar-refractivity contribution in [2.75, 3.05) is 17.7 Å². The number of aryl methyl sites for hydroxylation is 1. The van der Waals surface area contributed by atoms with E-state index in [1.54, 1.807) is 57.3 Å². The summed E-state index contributed by atoms with van der Waals surface area (Å²) in [5.41, 5.74) is 2.06. The van der Waals surface area contributed by atoms with Crippen molar-refractivity contribution in [3.8, 4) is 0 Å². The molecule has 1 atom stereocenters. The minimum absolute atomic E-state index is 0.203. The standard InChI is InChI=1S/C18H20FN3O2/c1-11-7-8-15(10-16(11)19)22-17(23)12(2)21-14-6-4-5-13(9-14)18(24)20-3/h4-10,12,21H,1-3H3,(H,20,24)(H,22,23). The van der Waals surface area contributed by atoms with Gasteiger partial charge in [-0.25, -0.2) is 4.39 Å². The van der Waals surface area contributed by atoms with Gasteiger partial charge in [-0.15, -0.1) is 0 Å². The summed E-state index contributed by atoms with van der Waals surface area (Å²) in [6.45, 7) is 3.34. The zero-order valence-electron chi connectivity index (χ0n) is 13.8. The highest BCUT2D eigenvalue weighted by atomic mass is 19.1. The van der Waals surface area contributed by atoms with Gasteiger partial charge in [-0.05, 0) is 49.7 Å². The van der Waals surface area contributed by atoms with Gasteiger partial charge in [-0.3, -0.25) is 9.59 Å². The molecule has 126 valence electrons. The number of halogens is 1. The molecule has 0 bridgehead atoms. The van der Waals surface area contributed by atoms with Crippen LogP contribution in [0.15, 0.2) is 42.5 Å². The summed E-state index contributed by atoms with van der Waals surface area (Å²) in [5.74, 6) is -0.874. The van der Waals surface area contributed by atoms with E-state index in [0.717, 1.165) is 0 Å². The van der Waals surface area contributed by atoms with E-state index >= 15 is 0 Å². The number of hydrogen-bond acceptors (Lipinski definition) is 3. The summed E-state index contributed by atoms with van der Waals surface area (Å²) in [6.07, 6.45) is 0. The predicted molar refractivity (Wildman–Crippen MR) is 92.7 cm³/mol. The molecule has 24 heavy (non-hydrogen) atoms. The number of anilines is 2. The SMILES string of the molecule is CNC(=O)c1cccc(NC(C)C(=O)Nc2ccc(C)c(F)c2)c1.